The Labute approximate surface area is 147 Å². The lowest BCUT2D eigenvalue weighted by Crippen LogP contribution is -2.42. The van der Waals surface area contributed by atoms with E-state index in [0.717, 1.165) is 38.3 Å². The standard InChI is InChI=1S/C15H19F3N2O2.C3H8/c1-11(21)10-22-14-8-13(15(16,17)18)3-2-12(14)9-20-6-4-19-5-7-20;1-3-2/h2-3,8,19H,4-7,9-10H2,1H3;3H2,1-2H3. The summed E-state index contributed by atoms with van der Waals surface area (Å²) in [7, 11) is 0. The van der Waals surface area contributed by atoms with Crippen LogP contribution < -0.4 is 10.1 Å². The molecule has 0 aliphatic carbocycles. The van der Waals surface area contributed by atoms with Crippen molar-refractivity contribution in [2.75, 3.05) is 32.8 Å². The molecule has 0 spiro atoms. The van der Waals surface area contributed by atoms with Crippen molar-refractivity contribution in [3.05, 3.63) is 29.3 Å². The number of carbonyl (C=O) groups is 1. The third kappa shape index (κ3) is 7.88. The molecule has 1 saturated heterocycles. The molecule has 1 aromatic carbocycles. The molecule has 1 fully saturated rings. The Hall–Kier alpha value is -1.60. The smallest absolute Gasteiger partial charge is 0.416 e. The van der Waals surface area contributed by atoms with Gasteiger partial charge in [-0.1, -0.05) is 26.3 Å². The third-order valence-electron chi connectivity index (χ3n) is 3.43. The summed E-state index contributed by atoms with van der Waals surface area (Å²) in [5.41, 5.74) is -0.105. The lowest BCUT2D eigenvalue weighted by molar-refractivity contribution is -0.137. The van der Waals surface area contributed by atoms with Crippen LogP contribution in [-0.4, -0.2) is 43.5 Å². The van der Waals surface area contributed by atoms with Gasteiger partial charge in [-0.15, -0.1) is 0 Å². The SMILES string of the molecule is CC(=O)COc1cc(C(F)(F)F)ccc1CN1CCNCC1.CCC. The first-order valence-electron chi connectivity index (χ1n) is 8.53. The van der Waals surface area contributed by atoms with E-state index in [4.69, 9.17) is 4.74 Å². The second-order valence-electron chi connectivity index (χ2n) is 6.04. The molecule has 0 aromatic heterocycles. The molecule has 1 heterocycles. The molecule has 0 unspecified atom stereocenters. The van der Waals surface area contributed by atoms with Crippen LogP contribution in [0.2, 0.25) is 0 Å². The van der Waals surface area contributed by atoms with Crippen LogP contribution in [0.5, 0.6) is 5.75 Å². The van der Waals surface area contributed by atoms with Gasteiger partial charge in [0.05, 0.1) is 5.56 Å². The second-order valence-corrected chi connectivity index (χ2v) is 6.04. The summed E-state index contributed by atoms with van der Waals surface area (Å²) in [5, 5.41) is 3.22. The van der Waals surface area contributed by atoms with Gasteiger partial charge in [-0.25, -0.2) is 0 Å². The second kappa shape index (κ2) is 10.4. The van der Waals surface area contributed by atoms with Crippen LogP contribution in [0.4, 0.5) is 13.2 Å². The summed E-state index contributed by atoms with van der Waals surface area (Å²) in [6, 6.07) is 3.46. The van der Waals surface area contributed by atoms with Crippen LogP contribution in [0.25, 0.3) is 0 Å². The highest BCUT2D eigenvalue weighted by atomic mass is 19.4. The van der Waals surface area contributed by atoms with Crippen LogP contribution >= 0.6 is 0 Å². The molecule has 2 rings (SSSR count). The van der Waals surface area contributed by atoms with Gasteiger partial charge < -0.3 is 10.1 Å². The minimum Gasteiger partial charge on any atom is -0.486 e. The molecule has 0 bridgehead atoms. The molecule has 0 amide bonds. The summed E-state index contributed by atoms with van der Waals surface area (Å²) < 4.78 is 43.7. The summed E-state index contributed by atoms with van der Waals surface area (Å²) in [4.78, 5) is 13.2. The molecular formula is C18H27F3N2O2. The van der Waals surface area contributed by atoms with Crippen LogP contribution in [0.3, 0.4) is 0 Å². The molecule has 4 nitrogen and oxygen atoms in total. The number of hydrogen-bond acceptors (Lipinski definition) is 4. The maximum atomic E-state index is 12.8. The van der Waals surface area contributed by atoms with Gasteiger partial charge in [0.15, 0.2) is 5.78 Å². The number of halogens is 3. The normalized spacial score (nSPS) is 15.3. The van der Waals surface area contributed by atoms with Crippen LogP contribution in [0.1, 0.15) is 38.3 Å². The fourth-order valence-corrected chi connectivity index (χ4v) is 2.29. The van der Waals surface area contributed by atoms with Gasteiger partial charge in [0, 0.05) is 38.3 Å². The highest BCUT2D eigenvalue weighted by Crippen LogP contribution is 2.33. The van der Waals surface area contributed by atoms with E-state index in [2.05, 4.69) is 24.1 Å². The lowest BCUT2D eigenvalue weighted by Gasteiger charge is -2.28. The van der Waals surface area contributed by atoms with Crippen molar-refractivity contribution in [3.63, 3.8) is 0 Å². The number of alkyl halides is 3. The number of ketones is 1. The van der Waals surface area contributed by atoms with E-state index in [9.17, 15) is 18.0 Å². The fraction of sp³-hybridized carbons (Fsp3) is 0.611. The quantitative estimate of drug-likeness (QED) is 0.873. The van der Waals surface area contributed by atoms with E-state index in [1.54, 1.807) is 0 Å². The Morgan fingerprint density at radius 3 is 2.36 bits per heavy atom. The third-order valence-corrected chi connectivity index (χ3v) is 3.43. The highest BCUT2D eigenvalue weighted by Gasteiger charge is 2.31. The van der Waals surface area contributed by atoms with Gasteiger partial charge in [-0.2, -0.15) is 13.2 Å². The number of hydrogen-bond donors (Lipinski definition) is 1. The topological polar surface area (TPSA) is 41.6 Å². The van der Waals surface area contributed by atoms with Crippen molar-refractivity contribution in [3.8, 4) is 5.75 Å². The van der Waals surface area contributed by atoms with Gasteiger partial charge in [0.1, 0.15) is 12.4 Å². The number of carbonyl (C=O) groups excluding carboxylic acids is 1. The van der Waals surface area contributed by atoms with Crippen LogP contribution in [-0.2, 0) is 17.5 Å². The molecule has 1 aliphatic rings. The van der Waals surface area contributed by atoms with Gasteiger partial charge >= 0.3 is 6.18 Å². The van der Waals surface area contributed by atoms with E-state index in [0.29, 0.717) is 12.1 Å². The number of Topliss-reactive ketones (excluding diaryl/α,β-unsaturated/α-hetero) is 1. The number of nitrogens with zero attached hydrogens (tertiary/aromatic N) is 1. The number of rotatable bonds is 5. The molecule has 1 aliphatic heterocycles. The van der Waals surface area contributed by atoms with Crippen LogP contribution in [0.15, 0.2) is 18.2 Å². The Kier molecular flexibility index (Phi) is 8.92. The summed E-state index contributed by atoms with van der Waals surface area (Å²) >= 11 is 0. The average Bonchev–Trinajstić information content (AvgIpc) is 2.54. The predicted molar refractivity (Wildman–Crippen MR) is 91.7 cm³/mol. The maximum Gasteiger partial charge on any atom is 0.416 e. The molecule has 0 atom stereocenters. The zero-order valence-corrected chi connectivity index (χ0v) is 15.1. The van der Waals surface area contributed by atoms with Crippen LogP contribution in [0, 0.1) is 0 Å². The number of ether oxygens (including phenoxy) is 1. The first-order chi connectivity index (χ1) is 11.8. The van der Waals surface area contributed by atoms with E-state index < -0.39 is 11.7 Å². The van der Waals surface area contributed by atoms with Gasteiger partial charge in [-0.05, 0) is 19.1 Å². The van der Waals surface area contributed by atoms with Gasteiger partial charge in [0.25, 0.3) is 0 Å². The van der Waals surface area contributed by atoms with E-state index in [-0.39, 0.29) is 18.1 Å². The highest BCUT2D eigenvalue weighted by molar-refractivity contribution is 5.77. The first kappa shape index (κ1) is 21.4. The largest absolute Gasteiger partial charge is 0.486 e. The predicted octanol–water partition coefficient (Wildman–Crippen LogP) is 3.49. The van der Waals surface area contributed by atoms with E-state index in [1.807, 2.05) is 0 Å². The molecule has 1 aromatic rings. The van der Waals surface area contributed by atoms with Gasteiger partial charge in [-0.3, -0.25) is 9.69 Å². The zero-order chi connectivity index (χ0) is 18.9. The molecular weight excluding hydrogens is 333 g/mol. The maximum absolute atomic E-state index is 12.8. The number of nitrogens with one attached hydrogen (secondary N) is 1. The average molecular weight is 360 g/mol. The molecule has 0 saturated carbocycles. The lowest BCUT2D eigenvalue weighted by atomic mass is 10.1. The molecule has 0 radical (unpaired) electrons. The van der Waals surface area contributed by atoms with E-state index >= 15 is 0 Å². The molecule has 1 N–H and O–H groups in total. The Morgan fingerprint density at radius 2 is 1.84 bits per heavy atom. The minimum atomic E-state index is -4.43. The van der Waals surface area contributed by atoms with Gasteiger partial charge in [0.2, 0.25) is 0 Å². The zero-order valence-electron chi connectivity index (χ0n) is 15.1. The molecule has 25 heavy (non-hydrogen) atoms. The summed E-state index contributed by atoms with van der Waals surface area (Å²) in [5.74, 6) is -0.103. The Bertz CT molecular complexity index is 542. The van der Waals surface area contributed by atoms with Crippen molar-refractivity contribution in [2.45, 2.75) is 39.9 Å². The Balaban J connectivity index is 0.000000970. The van der Waals surface area contributed by atoms with Crippen molar-refractivity contribution in [2.24, 2.45) is 0 Å². The summed E-state index contributed by atoms with van der Waals surface area (Å²) in [6.07, 6.45) is -3.18. The molecule has 7 heteroatoms. The molecule has 142 valence electrons. The first-order valence-corrected chi connectivity index (χ1v) is 8.53. The monoisotopic (exact) mass is 360 g/mol. The fourth-order valence-electron chi connectivity index (χ4n) is 2.29. The van der Waals surface area contributed by atoms with Crippen molar-refractivity contribution in [1.82, 2.24) is 10.2 Å². The van der Waals surface area contributed by atoms with Crippen molar-refractivity contribution in [1.29, 1.82) is 0 Å². The number of benzene rings is 1. The Morgan fingerprint density at radius 1 is 1.24 bits per heavy atom. The number of piperazine rings is 1. The van der Waals surface area contributed by atoms with Crippen molar-refractivity contribution < 1.29 is 22.7 Å². The summed E-state index contributed by atoms with van der Waals surface area (Å²) in [6.45, 7) is 9.22. The van der Waals surface area contributed by atoms with Crippen molar-refractivity contribution >= 4 is 5.78 Å². The van der Waals surface area contributed by atoms with E-state index in [1.165, 1.54) is 19.4 Å². The minimum absolute atomic E-state index is 0.128.